The van der Waals surface area contributed by atoms with Crippen LogP contribution in [-0.4, -0.2) is 43.6 Å². The number of nitrogens with one attached hydrogen (secondary N) is 1. The molecule has 2 rings (SSSR count). The van der Waals surface area contributed by atoms with Crippen LogP contribution in [0.2, 0.25) is 0 Å². The summed E-state index contributed by atoms with van der Waals surface area (Å²) in [6, 6.07) is 4.77. The van der Waals surface area contributed by atoms with Crippen molar-refractivity contribution in [2.45, 2.75) is 38.8 Å². The van der Waals surface area contributed by atoms with Gasteiger partial charge >= 0.3 is 14.1 Å². The number of H-pyrrole nitrogens is 1. The number of benzene rings is 1. The van der Waals surface area contributed by atoms with Gasteiger partial charge in [0.05, 0.1) is 6.04 Å². The number of nitrogens with two attached hydrogens (primary N) is 1. The van der Waals surface area contributed by atoms with E-state index in [4.69, 9.17) is 5.73 Å². The van der Waals surface area contributed by atoms with E-state index in [2.05, 4.69) is 4.98 Å². The third-order valence-electron chi connectivity index (χ3n) is 4.12. The van der Waals surface area contributed by atoms with Gasteiger partial charge in [-0.1, -0.05) is 36.7 Å². The van der Waals surface area contributed by atoms with Gasteiger partial charge in [-0.25, -0.2) is 4.79 Å². The van der Waals surface area contributed by atoms with Crippen molar-refractivity contribution in [3.8, 4) is 0 Å². The number of carbonyl (C=O) groups is 2. The minimum Gasteiger partial charge on any atom is -0.480 e. The summed E-state index contributed by atoms with van der Waals surface area (Å²) in [5.41, 5.74) is 7.28. The first-order chi connectivity index (χ1) is 12.2. The molecule has 1 aromatic carbocycles. The largest absolute Gasteiger partial charge is 0.646 e. The summed E-state index contributed by atoms with van der Waals surface area (Å²) in [5.74, 6) is -2.11. The van der Waals surface area contributed by atoms with E-state index in [9.17, 15) is 24.2 Å². The number of amides is 1. The predicted octanol–water partition coefficient (Wildman–Crippen LogP) is 2.02. The highest BCUT2D eigenvalue weighted by Gasteiger charge is 2.45. The highest BCUT2D eigenvalue weighted by atomic mass is 31.1. The molecule has 0 radical (unpaired) electrons. The van der Waals surface area contributed by atoms with Crippen molar-refractivity contribution in [3.05, 3.63) is 36.0 Å². The predicted molar refractivity (Wildman–Crippen MR) is 97.5 cm³/mol. The number of carboxylic acids is 1. The number of aromatic amines is 1. The van der Waals surface area contributed by atoms with Crippen LogP contribution < -0.4 is 5.73 Å². The lowest BCUT2D eigenvalue weighted by Crippen LogP contribution is -2.49. The molecule has 0 saturated carbocycles. The van der Waals surface area contributed by atoms with Gasteiger partial charge in [0.2, 0.25) is 0 Å². The number of hydrogen-bond donors (Lipinski definition) is 4. The Morgan fingerprint density at radius 2 is 1.96 bits per heavy atom. The van der Waals surface area contributed by atoms with Crippen molar-refractivity contribution in [1.82, 2.24) is 9.65 Å². The molecule has 26 heavy (non-hydrogen) atoms. The molecule has 1 aromatic heterocycles. The fourth-order valence-corrected chi connectivity index (χ4v) is 3.66. The van der Waals surface area contributed by atoms with E-state index in [1.165, 1.54) is 0 Å². The molecule has 1 heterocycles. The van der Waals surface area contributed by atoms with E-state index in [1.807, 2.05) is 38.1 Å². The van der Waals surface area contributed by atoms with Gasteiger partial charge in [0.1, 0.15) is 0 Å². The summed E-state index contributed by atoms with van der Waals surface area (Å²) in [6.45, 7) is 3.72. The number of para-hydroxylation sites is 1. The van der Waals surface area contributed by atoms with Crippen molar-refractivity contribution < 1.29 is 24.2 Å². The summed E-state index contributed by atoms with van der Waals surface area (Å²) in [5, 5.41) is 10.4. The maximum atomic E-state index is 12.5. The minimum absolute atomic E-state index is 0.0873. The van der Waals surface area contributed by atoms with Gasteiger partial charge in [0, 0.05) is 23.5 Å². The lowest BCUT2D eigenvalue weighted by Gasteiger charge is -2.21. The third-order valence-corrected chi connectivity index (χ3v) is 4.97. The van der Waals surface area contributed by atoms with Crippen molar-refractivity contribution >= 4 is 31.0 Å². The van der Waals surface area contributed by atoms with E-state index in [-0.39, 0.29) is 18.8 Å². The second-order valence-electron chi connectivity index (χ2n) is 6.59. The van der Waals surface area contributed by atoms with Gasteiger partial charge in [-0.05, 0) is 28.5 Å². The molecule has 0 fully saturated rings. The number of nitrogens with zero attached hydrogens (tertiary/aromatic N) is 1. The van der Waals surface area contributed by atoms with E-state index < -0.39 is 32.1 Å². The van der Waals surface area contributed by atoms with Crippen molar-refractivity contribution in [3.63, 3.8) is 0 Å². The standard InChI is InChI=1S/C17H22N3O5P/c1-10(2)7-13(18)16(21)20(26(24)25)15(17(22)23)8-11-9-19-14-6-4-3-5-12(11)14/h3-6,9-10,13,15,19H,7-8,18H2,1-2H3,(H-,22,23,24,25)/p+1/t13-,15-/m0/s1. The Bertz CT molecular complexity index is 820. The Labute approximate surface area is 151 Å². The van der Waals surface area contributed by atoms with E-state index >= 15 is 0 Å². The molecule has 8 nitrogen and oxygen atoms in total. The fraction of sp³-hybridized carbons (Fsp3) is 0.412. The number of fused-ring (bicyclic) bond motifs is 1. The molecule has 0 aliphatic carbocycles. The third kappa shape index (κ3) is 4.46. The fourth-order valence-electron chi connectivity index (χ4n) is 2.92. The highest BCUT2D eigenvalue weighted by Crippen LogP contribution is 2.30. The molecule has 0 spiro atoms. The van der Waals surface area contributed by atoms with Gasteiger partial charge in [-0.15, -0.1) is 4.89 Å². The molecule has 9 heteroatoms. The van der Waals surface area contributed by atoms with Crippen LogP contribution in [0.4, 0.5) is 0 Å². The number of rotatable bonds is 8. The van der Waals surface area contributed by atoms with Gasteiger partial charge in [0.25, 0.3) is 5.91 Å². The summed E-state index contributed by atoms with van der Waals surface area (Å²) in [4.78, 5) is 37.0. The van der Waals surface area contributed by atoms with Gasteiger partial charge in [-0.2, -0.15) is 0 Å². The molecule has 0 aliphatic heterocycles. The van der Waals surface area contributed by atoms with Crippen molar-refractivity contribution in [1.29, 1.82) is 0 Å². The first-order valence-electron chi connectivity index (χ1n) is 8.24. The van der Waals surface area contributed by atoms with Crippen LogP contribution in [0, 0.1) is 5.92 Å². The van der Waals surface area contributed by atoms with Crippen LogP contribution in [-0.2, 0) is 20.6 Å². The Morgan fingerprint density at radius 1 is 1.31 bits per heavy atom. The smallest absolute Gasteiger partial charge is 0.480 e. The zero-order valence-corrected chi connectivity index (χ0v) is 15.5. The number of aromatic nitrogens is 1. The van der Waals surface area contributed by atoms with Gasteiger partial charge < -0.3 is 15.8 Å². The molecule has 1 unspecified atom stereocenters. The van der Waals surface area contributed by atoms with Crippen LogP contribution in [0.15, 0.2) is 30.5 Å². The van der Waals surface area contributed by atoms with Crippen LogP contribution in [0.5, 0.6) is 0 Å². The minimum atomic E-state index is -3.19. The van der Waals surface area contributed by atoms with Crippen LogP contribution in [0.3, 0.4) is 0 Å². The summed E-state index contributed by atoms with van der Waals surface area (Å²) in [6.07, 6.45) is 1.82. The summed E-state index contributed by atoms with van der Waals surface area (Å²) < 4.78 is 12.3. The number of carbonyl (C=O) groups excluding carboxylic acids is 1. The molecule has 1 amide bonds. The van der Waals surface area contributed by atoms with E-state index in [1.54, 1.807) is 6.20 Å². The lowest BCUT2D eigenvalue weighted by atomic mass is 10.0. The van der Waals surface area contributed by atoms with Crippen LogP contribution in [0.25, 0.3) is 10.9 Å². The first kappa shape index (κ1) is 20.0. The molecule has 2 aromatic rings. The molecule has 0 saturated heterocycles. The average molecular weight is 380 g/mol. The zero-order valence-electron chi connectivity index (χ0n) is 14.6. The van der Waals surface area contributed by atoms with Gasteiger partial charge in [0.15, 0.2) is 6.04 Å². The van der Waals surface area contributed by atoms with Crippen molar-refractivity contribution in [2.75, 3.05) is 0 Å². The van der Waals surface area contributed by atoms with E-state index in [0.717, 1.165) is 10.9 Å². The molecule has 0 bridgehead atoms. The quantitative estimate of drug-likeness (QED) is 0.517. The number of hydrogen-bond acceptors (Lipinski definition) is 4. The molecular weight excluding hydrogens is 357 g/mol. The normalized spacial score (nSPS) is 14.3. The first-order valence-corrected chi connectivity index (χ1v) is 9.41. The molecule has 3 atom stereocenters. The maximum absolute atomic E-state index is 12.5. The molecule has 140 valence electrons. The zero-order chi connectivity index (χ0) is 19.4. The molecule has 0 aliphatic rings. The molecular formula is C17H23N3O5P+. The number of aliphatic carboxylic acids is 1. The maximum Gasteiger partial charge on any atom is 0.646 e. The van der Waals surface area contributed by atoms with E-state index in [0.29, 0.717) is 10.2 Å². The summed E-state index contributed by atoms with van der Waals surface area (Å²) in [7, 11) is -3.19. The van der Waals surface area contributed by atoms with Crippen molar-refractivity contribution in [2.24, 2.45) is 11.7 Å². The highest BCUT2D eigenvalue weighted by molar-refractivity contribution is 7.36. The summed E-state index contributed by atoms with van der Waals surface area (Å²) >= 11 is 0. The Hall–Kier alpha value is -2.28. The SMILES string of the molecule is CC(C)C[C@H](N)C(=O)N([C@@H](Cc1c[nH]c2ccccc12)C(=O)O)[P+](=O)O. The topological polar surface area (TPSA) is 137 Å². The van der Waals surface area contributed by atoms with Gasteiger partial charge in [-0.3, -0.25) is 4.79 Å². The Balaban J connectivity index is 2.34. The average Bonchev–Trinajstić information content (AvgIpc) is 2.96. The number of carboxylic acid groups (broad SMARTS) is 1. The Kier molecular flexibility index (Phi) is 6.47. The van der Waals surface area contributed by atoms with Crippen LogP contribution in [0.1, 0.15) is 25.8 Å². The molecule has 5 N–H and O–H groups in total. The second-order valence-corrected chi connectivity index (χ2v) is 7.53. The van der Waals surface area contributed by atoms with Crippen LogP contribution >= 0.6 is 8.18 Å². The lowest BCUT2D eigenvalue weighted by molar-refractivity contribution is -0.146. The Morgan fingerprint density at radius 3 is 2.54 bits per heavy atom. The monoisotopic (exact) mass is 380 g/mol. The second kappa shape index (κ2) is 8.40.